The van der Waals surface area contributed by atoms with E-state index in [4.69, 9.17) is 4.74 Å². The smallest absolute Gasteiger partial charge is 0.321 e. The van der Waals surface area contributed by atoms with E-state index in [1.54, 1.807) is 65.4 Å². The third-order valence-electron chi connectivity index (χ3n) is 6.90. The van der Waals surface area contributed by atoms with Gasteiger partial charge in [0.2, 0.25) is 0 Å². The van der Waals surface area contributed by atoms with Crippen molar-refractivity contribution in [2.45, 2.75) is 13.8 Å². The Balaban J connectivity index is 1.49. The average Bonchev–Trinajstić information content (AvgIpc) is 2.98. The highest BCUT2D eigenvalue weighted by Crippen LogP contribution is 2.28. The molecule has 40 heavy (non-hydrogen) atoms. The molecule has 1 fully saturated rings. The van der Waals surface area contributed by atoms with Crippen LogP contribution in [0.4, 0.5) is 26.2 Å². The van der Waals surface area contributed by atoms with Crippen molar-refractivity contribution in [3.8, 4) is 5.75 Å². The van der Waals surface area contributed by atoms with Crippen LogP contribution in [0.1, 0.15) is 34.6 Å². The predicted molar refractivity (Wildman–Crippen MR) is 154 cm³/mol. The molecule has 0 spiro atoms. The van der Waals surface area contributed by atoms with E-state index in [2.05, 4.69) is 15.5 Å². The molecular weight excluding hydrogens is 513 g/mol. The Kier molecular flexibility index (Phi) is 9.21. The van der Waals surface area contributed by atoms with E-state index in [0.717, 1.165) is 5.69 Å². The van der Waals surface area contributed by atoms with E-state index in [-0.39, 0.29) is 17.5 Å². The van der Waals surface area contributed by atoms with Crippen LogP contribution in [0, 0.1) is 5.82 Å². The highest BCUT2D eigenvalue weighted by atomic mass is 19.1. The Labute approximate surface area is 233 Å². The Morgan fingerprint density at radius 2 is 1.50 bits per heavy atom. The lowest BCUT2D eigenvalue weighted by molar-refractivity contribution is 0.0773. The van der Waals surface area contributed by atoms with Crippen molar-refractivity contribution >= 4 is 34.9 Å². The summed E-state index contributed by atoms with van der Waals surface area (Å²) in [4.78, 5) is 44.5. The van der Waals surface area contributed by atoms with Crippen molar-refractivity contribution in [3.63, 3.8) is 0 Å². The fourth-order valence-electron chi connectivity index (χ4n) is 4.61. The van der Waals surface area contributed by atoms with Gasteiger partial charge in [-0.3, -0.25) is 9.59 Å². The average molecular weight is 548 g/mol. The zero-order chi connectivity index (χ0) is 28.6. The molecule has 4 rings (SSSR count). The number of benzene rings is 3. The molecule has 0 saturated carbocycles. The number of methoxy groups -OCH3 is 1. The summed E-state index contributed by atoms with van der Waals surface area (Å²) in [5.74, 6) is -0.672. The van der Waals surface area contributed by atoms with Crippen molar-refractivity contribution in [3.05, 3.63) is 83.7 Å². The summed E-state index contributed by atoms with van der Waals surface area (Å²) in [6.45, 7) is 6.85. The number of halogens is 1. The van der Waals surface area contributed by atoms with E-state index in [1.165, 1.54) is 18.2 Å². The Bertz CT molecular complexity index is 1350. The summed E-state index contributed by atoms with van der Waals surface area (Å²) in [6.07, 6.45) is 0. The predicted octanol–water partition coefficient (Wildman–Crippen LogP) is 4.92. The first-order valence-electron chi connectivity index (χ1n) is 13.3. The molecule has 10 heteroatoms. The standard InChI is InChI=1S/C30H34FN5O4/c1-4-34(5-2)29(38)25-20-22(32-28(37)24-8-6-7-9-26(24)31)12-15-27(25)35-16-18-36(19-17-35)30(39)33-21-10-13-23(40-3)14-11-21/h6-15,20H,4-5,16-19H2,1-3H3,(H,32,37)(H,33,39). The van der Waals surface area contributed by atoms with Gasteiger partial charge < -0.3 is 30.1 Å². The maximum atomic E-state index is 14.1. The highest BCUT2D eigenvalue weighted by molar-refractivity contribution is 6.06. The van der Waals surface area contributed by atoms with Crippen molar-refractivity contribution in [1.82, 2.24) is 9.80 Å². The summed E-state index contributed by atoms with van der Waals surface area (Å²) >= 11 is 0. The lowest BCUT2D eigenvalue weighted by Crippen LogP contribution is -2.50. The summed E-state index contributed by atoms with van der Waals surface area (Å²) in [6, 6.07) is 17.8. The number of anilines is 3. The van der Waals surface area contributed by atoms with Gasteiger partial charge >= 0.3 is 6.03 Å². The normalized spacial score (nSPS) is 13.0. The first-order chi connectivity index (χ1) is 19.3. The molecule has 2 N–H and O–H groups in total. The molecule has 3 aromatic carbocycles. The minimum atomic E-state index is -0.620. The van der Waals surface area contributed by atoms with E-state index in [0.29, 0.717) is 62.0 Å². The first-order valence-corrected chi connectivity index (χ1v) is 13.3. The van der Waals surface area contributed by atoms with Crippen LogP contribution in [0.3, 0.4) is 0 Å². The van der Waals surface area contributed by atoms with Crippen molar-refractivity contribution < 1.29 is 23.5 Å². The number of nitrogens with zero attached hydrogens (tertiary/aromatic N) is 3. The van der Waals surface area contributed by atoms with Crippen LogP contribution in [0.15, 0.2) is 66.7 Å². The van der Waals surface area contributed by atoms with Crippen LogP contribution >= 0.6 is 0 Å². The molecular formula is C30H34FN5O4. The minimum Gasteiger partial charge on any atom is -0.497 e. The second-order valence-electron chi connectivity index (χ2n) is 9.28. The second-order valence-corrected chi connectivity index (χ2v) is 9.28. The molecule has 4 amide bonds. The summed E-state index contributed by atoms with van der Waals surface area (Å²) in [5, 5.41) is 5.62. The fourth-order valence-corrected chi connectivity index (χ4v) is 4.61. The molecule has 0 bridgehead atoms. The number of amides is 4. The number of piperazine rings is 1. The summed E-state index contributed by atoms with van der Waals surface area (Å²) in [7, 11) is 1.59. The Hall–Kier alpha value is -4.60. The van der Waals surface area contributed by atoms with Crippen molar-refractivity contribution in [2.24, 2.45) is 0 Å². The number of hydrogen-bond donors (Lipinski definition) is 2. The van der Waals surface area contributed by atoms with Gasteiger partial charge in [0.1, 0.15) is 11.6 Å². The van der Waals surface area contributed by atoms with Gasteiger partial charge in [0.05, 0.1) is 18.2 Å². The molecule has 0 atom stereocenters. The van der Waals surface area contributed by atoms with Gasteiger partial charge in [0.15, 0.2) is 0 Å². The van der Waals surface area contributed by atoms with Gasteiger partial charge in [0, 0.05) is 56.3 Å². The number of rotatable bonds is 8. The number of hydrogen-bond acceptors (Lipinski definition) is 5. The van der Waals surface area contributed by atoms with Gasteiger partial charge in [-0.15, -0.1) is 0 Å². The third kappa shape index (κ3) is 6.51. The van der Waals surface area contributed by atoms with Crippen molar-refractivity contribution in [2.75, 3.05) is 61.9 Å². The zero-order valence-electron chi connectivity index (χ0n) is 22.9. The maximum Gasteiger partial charge on any atom is 0.321 e. The number of nitrogens with one attached hydrogen (secondary N) is 2. The Morgan fingerprint density at radius 1 is 0.850 bits per heavy atom. The monoisotopic (exact) mass is 547 g/mol. The molecule has 9 nitrogen and oxygen atoms in total. The van der Waals surface area contributed by atoms with Gasteiger partial charge in [-0.2, -0.15) is 0 Å². The van der Waals surface area contributed by atoms with Gasteiger partial charge in [-0.05, 0) is 68.4 Å². The van der Waals surface area contributed by atoms with E-state index < -0.39 is 11.7 Å². The first kappa shape index (κ1) is 28.4. The van der Waals surface area contributed by atoms with Gasteiger partial charge in [-0.25, -0.2) is 9.18 Å². The molecule has 1 aliphatic rings. The molecule has 0 radical (unpaired) electrons. The molecule has 3 aromatic rings. The molecule has 1 heterocycles. The van der Waals surface area contributed by atoms with Crippen LogP contribution in [-0.2, 0) is 0 Å². The molecule has 0 aliphatic carbocycles. The molecule has 0 unspecified atom stereocenters. The molecule has 210 valence electrons. The largest absolute Gasteiger partial charge is 0.497 e. The maximum absolute atomic E-state index is 14.1. The minimum absolute atomic E-state index is 0.0766. The van der Waals surface area contributed by atoms with Crippen LogP contribution in [0.5, 0.6) is 5.75 Å². The quantitative estimate of drug-likeness (QED) is 0.418. The molecule has 1 aliphatic heterocycles. The fraction of sp³-hybridized carbons (Fsp3) is 0.300. The van der Waals surface area contributed by atoms with Crippen LogP contribution in [-0.4, -0.2) is 74.0 Å². The summed E-state index contributed by atoms with van der Waals surface area (Å²) in [5.41, 5.74) is 2.15. The van der Waals surface area contributed by atoms with Gasteiger partial charge in [-0.1, -0.05) is 12.1 Å². The molecule has 1 saturated heterocycles. The number of ether oxygens (including phenoxy) is 1. The van der Waals surface area contributed by atoms with Crippen molar-refractivity contribution in [1.29, 1.82) is 0 Å². The van der Waals surface area contributed by atoms with Crippen LogP contribution in [0.25, 0.3) is 0 Å². The summed E-state index contributed by atoms with van der Waals surface area (Å²) < 4.78 is 19.3. The number of urea groups is 1. The van der Waals surface area contributed by atoms with Crippen LogP contribution in [0.2, 0.25) is 0 Å². The SMILES string of the molecule is CCN(CC)C(=O)c1cc(NC(=O)c2ccccc2F)ccc1N1CCN(C(=O)Nc2ccc(OC)cc2)CC1. The van der Waals surface area contributed by atoms with E-state index in [1.807, 2.05) is 13.8 Å². The highest BCUT2D eigenvalue weighted by Gasteiger charge is 2.26. The number of carbonyl (C=O) groups is 3. The van der Waals surface area contributed by atoms with E-state index in [9.17, 15) is 18.8 Å². The second kappa shape index (κ2) is 13.0. The topological polar surface area (TPSA) is 94.2 Å². The lowest BCUT2D eigenvalue weighted by Gasteiger charge is -2.37. The third-order valence-corrected chi connectivity index (χ3v) is 6.90. The zero-order valence-corrected chi connectivity index (χ0v) is 22.9. The number of carbonyl (C=O) groups excluding carboxylic acids is 3. The van der Waals surface area contributed by atoms with E-state index >= 15 is 0 Å². The van der Waals surface area contributed by atoms with Gasteiger partial charge in [0.25, 0.3) is 11.8 Å². The molecule has 0 aromatic heterocycles. The van der Waals surface area contributed by atoms with Crippen LogP contribution < -0.4 is 20.3 Å². The lowest BCUT2D eigenvalue weighted by atomic mass is 10.1. The Morgan fingerprint density at radius 3 is 2.12 bits per heavy atom.